The van der Waals surface area contributed by atoms with Crippen LogP contribution in [0.1, 0.15) is 297 Å². The molecule has 1 saturated carbocycles. The Hall–Kier alpha value is -2.04. The second kappa shape index (κ2) is 52.9. The highest BCUT2D eigenvalue weighted by molar-refractivity contribution is 7.47. The molecule has 2 saturated heterocycles. The van der Waals surface area contributed by atoms with Crippen molar-refractivity contribution in [3.05, 3.63) is 0 Å². The van der Waals surface area contributed by atoms with Crippen molar-refractivity contribution in [2.75, 3.05) is 26.4 Å². The minimum absolute atomic E-state index is 0.0339. The molecule has 3 rings (SSSR count). The molecule has 560 valence electrons. The van der Waals surface area contributed by atoms with Crippen molar-refractivity contribution in [2.45, 2.75) is 401 Å². The molecule has 18 unspecified atom stereocenters. The number of rotatable bonds is 58. The Morgan fingerprint density at radius 1 is 0.368 bits per heavy atom. The lowest BCUT2D eigenvalue weighted by atomic mass is 9.84. The maximum Gasteiger partial charge on any atom is 0.472 e. The number of carbonyl (C=O) groups excluding carboxylic acids is 3. The fraction of sp³-hybridized carbons (Fsp3) is 0.957. The number of hydrogen-bond acceptors (Lipinski definition) is 23. The van der Waals surface area contributed by atoms with Gasteiger partial charge in [0.15, 0.2) is 18.7 Å². The second-order valence-corrected chi connectivity index (χ2v) is 28.4. The van der Waals surface area contributed by atoms with Gasteiger partial charge in [0.1, 0.15) is 98.7 Å². The van der Waals surface area contributed by atoms with Crippen LogP contribution < -0.4 is 0 Å². The fourth-order valence-electron chi connectivity index (χ4n) is 12.5. The summed E-state index contributed by atoms with van der Waals surface area (Å²) in [7, 11) is -5.69. The van der Waals surface area contributed by atoms with Gasteiger partial charge in [-0.3, -0.25) is 23.4 Å². The van der Waals surface area contributed by atoms with Crippen LogP contribution in [0.15, 0.2) is 0 Å². The Labute approximate surface area is 568 Å². The monoisotopic (exact) mass is 1390 g/mol. The molecule has 95 heavy (non-hydrogen) atoms. The molecule has 1 aliphatic carbocycles. The third kappa shape index (κ3) is 36.4. The van der Waals surface area contributed by atoms with E-state index in [1.807, 2.05) is 0 Å². The summed E-state index contributed by atoms with van der Waals surface area (Å²) in [5.41, 5.74) is 0. The molecule has 0 amide bonds. The molecule has 24 nitrogen and oxygen atoms in total. The van der Waals surface area contributed by atoms with Crippen molar-refractivity contribution in [2.24, 2.45) is 0 Å². The summed E-state index contributed by atoms with van der Waals surface area (Å²) < 4.78 is 64.9. The highest BCUT2D eigenvalue weighted by Crippen LogP contribution is 2.49. The molecule has 25 heteroatoms. The molecule has 0 spiro atoms. The van der Waals surface area contributed by atoms with Crippen molar-refractivity contribution < 1.29 is 117 Å². The Bertz CT molecular complexity index is 1980. The Morgan fingerprint density at radius 3 is 1.03 bits per heavy atom. The van der Waals surface area contributed by atoms with E-state index in [1.54, 1.807) is 0 Å². The third-order valence-electron chi connectivity index (χ3n) is 18.6. The number of carbonyl (C=O) groups is 3. The van der Waals surface area contributed by atoms with E-state index in [2.05, 4.69) is 20.8 Å². The lowest BCUT2D eigenvalue weighted by Crippen LogP contribution is -2.69. The summed E-state index contributed by atoms with van der Waals surface area (Å²) in [4.78, 5) is 50.9. The largest absolute Gasteiger partial charge is 0.472 e. The summed E-state index contributed by atoms with van der Waals surface area (Å²) in [6, 6.07) is 0. The predicted molar refractivity (Wildman–Crippen MR) is 356 cm³/mol. The van der Waals surface area contributed by atoms with Crippen LogP contribution in [0.3, 0.4) is 0 Å². The summed E-state index contributed by atoms with van der Waals surface area (Å²) >= 11 is 0. The first-order valence-electron chi connectivity index (χ1n) is 37.3. The van der Waals surface area contributed by atoms with Crippen molar-refractivity contribution in [3.8, 4) is 0 Å². The fourth-order valence-corrected chi connectivity index (χ4v) is 13.5. The van der Waals surface area contributed by atoms with E-state index in [4.69, 9.17) is 42.2 Å². The van der Waals surface area contributed by atoms with E-state index in [-0.39, 0.29) is 19.3 Å². The average Bonchev–Trinajstić information content (AvgIpc) is 0.764. The number of ether oxygens (including phenoxy) is 7. The van der Waals surface area contributed by atoms with Crippen LogP contribution in [-0.2, 0) is 61.2 Å². The molecule has 0 bridgehead atoms. The molecule has 2 heterocycles. The van der Waals surface area contributed by atoms with E-state index in [0.717, 1.165) is 89.9 Å². The normalized spacial score (nSPS) is 28.1. The van der Waals surface area contributed by atoms with Crippen LogP contribution >= 0.6 is 7.82 Å². The quantitative estimate of drug-likeness (QED) is 0.0117. The zero-order chi connectivity index (χ0) is 69.6. The molecule has 3 aliphatic rings. The van der Waals surface area contributed by atoms with Crippen LogP contribution in [0.25, 0.3) is 0 Å². The SMILES string of the molecule is CCCCCCCCCCCCCCCCCC(=O)OCC1OC(OC2C(O)C(O)C(O)C(OC3OC(CO)C(O)C(O)C3O)C2OP(=O)(O)OCC(COC(=O)CCCCCCCCCCCCCCCC)OC(=O)CCCCCCCCCCCCC)C(O)C(O)C1O. The first kappa shape index (κ1) is 87.2. The van der Waals surface area contributed by atoms with E-state index >= 15 is 0 Å². The second-order valence-electron chi connectivity index (χ2n) is 27.0. The number of aliphatic hydroxyl groups excluding tert-OH is 10. The number of esters is 3. The Kier molecular flexibility index (Phi) is 48.5. The molecular formula is C70H131O24P. The van der Waals surface area contributed by atoms with Gasteiger partial charge in [0, 0.05) is 19.3 Å². The maximum absolute atomic E-state index is 14.3. The van der Waals surface area contributed by atoms with Crippen molar-refractivity contribution >= 4 is 25.7 Å². The van der Waals surface area contributed by atoms with E-state index < -0.39 is 156 Å². The standard InChI is InChI=1S/C70H131O24P/c1-4-7-10-13-16-19-22-24-26-28-31-33-36-39-42-45-55(73)87-50-53-58(76)60(78)65(83)70(91-53)93-67-63(81)61(79)62(80)66(92-69-64(82)59(77)57(75)52(47-71)90-69)68(67)94-95(84,85)88-49-51(89-56(74)46-43-40-37-34-29-21-18-15-12-9-6-3)48-86-54(72)44-41-38-35-32-30-27-25-23-20-17-14-11-8-5-2/h51-53,57-71,75-83H,4-50H2,1-3H3,(H,84,85). The first-order valence-corrected chi connectivity index (χ1v) is 38.8. The van der Waals surface area contributed by atoms with Crippen molar-refractivity contribution in [1.29, 1.82) is 0 Å². The van der Waals surface area contributed by atoms with Crippen LogP contribution in [0, 0.1) is 0 Å². The van der Waals surface area contributed by atoms with Crippen LogP contribution in [0.4, 0.5) is 0 Å². The molecular weight excluding hydrogens is 1260 g/mol. The lowest BCUT2D eigenvalue weighted by Gasteiger charge is -2.49. The first-order chi connectivity index (χ1) is 45.8. The topological polar surface area (TPSA) is 374 Å². The highest BCUT2D eigenvalue weighted by Gasteiger charge is 2.58. The minimum atomic E-state index is -5.69. The molecule has 3 fully saturated rings. The van der Waals surface area contributed by atoms with Gasteiger partial charge in [0.25, 0.3) is 0 Å². The van der Waals surface area contributed by atoms with Gasteiger partial charge in [-0.1, -0.05) is 258 Å². The van der Waals surface area contributed by atoms with Gasteiger partial charge >= 0.3 is 25.7 Å². The molecule has 2 aliphatic heterocycles. The van der Waals surface area contributed by atoms with Gasteiger partial charge in [-0.05, 0) is 19.3 Å². The number of hydrogen-bond donors (Lipinski definition) is 11. The molecule has 18 atom stereocenters. The average molecular weight is 1390 g/mol. The lowest BCUT2D eigenvalue weighted by molar-refractivity contribution is -0.360. The zero-order valence-corrected chi connectivity index (χ0v) is 59.1. The number of aliphatic hydroxyl groups is 10. The summed E-state index contributed by atoms with van der Waals surface area (Å²) in [6.07, 6.45) is 8.96. The van der Waals surface area contributed by atoms with Gasteiger partial charge < -0.3 is 89.1 Å². The molecule has 0 aromatic heterocycles. The smallest absolute Gasteiger partial charge is 0.463 e. The van der Waals surface area contributed by atoms with Crippen LogP contribution in [0.5, 0.6) is 0 Å². The van der Waals surface area contributed by atoms with E-state index in [9.17, 15) is 74.9 Å². The molecule has 0 aromatic rings. The van der Waals surface area contributed by atoms with Gasteiger partial charge in [-0.25, -0.2) is 4.57 Å². The Morgan fingerprint density at radius 2 is 0.674 bits per heavy atom. The summed E-state index contributed by atoms with van der Waals surface area (Å²) in [5, 5.41) is 110. The zero-order valence-electron chi connectivity index (χ0n) is 58.2. The van der Waals surface area contributed by atoms with E-state index in [0.29, 0.717) is 19.3 Å². The number of phosphoric acid groups is 1. The van der Waals surface area contributed by atoms with Gasteiger partial charge in [0.2, 0.25) is 0 Å². The van der Waals surface area contributed by atoms with Gasteiger partial charge in [0.05, 0.1) is 13.2 Å². The maximum atomic E-state index is 14.3. The van der Waals surface area contributed by atoms with E-state index in [1.165, 1.54) is 148 Å². The van der Waals surface area contributed by atoms with Crippen molar-refractivity contribution in [1.82, 2.24) is 0 Å². The van der Waals surface area contributed by atoms with Gasteiger partial charge in [-0.15, -0.1) is 0 Å². The molecule has 11 N–H and O–H groups in total. The number of phosphoric ester groups is 1. The number of unbranched alkanes of at least 4 members (excludes halogenated alkanes) is 37. The Balaban J connectivity index is 1.73. The molecule has 0 radical (unpaired) electrons. The minimum Gasteiger partial charge on any atom is -0.463 e. The summed E-state index contributed by atoms with van der Waals surface area (Å²) in [5.74, 6) is -1.98. The van der Waals surface area contributed by atoms with Crippen LogP contribution in [-0.4, -0.2) is 204 Å². The molecule has 0 aromatic carbocycles. The van der Waals surface area contributed by atoms with Crippen LogP contribution in [0.2, 0.25) is 0 Å². The highest BCUT2D eigenvalue weighted by atomic mass is 31.2. The summed E-state index contributed by atoms with van der Waals surface area (Å²) in [6.45, 7) is 3.45. The van der Waals surface area contributed by atoms with Gasteiger partial charge in [-0.2, -0.15) is 0 Å². The third-order valence-corrected chi connectivity index (χ3v) is 19.6. The van der Waals surface area contributed by atoms with Crippen molar-refractivity contribution in [3.63, 3.8) is 0 Å². The predicted octanol–water partition coefficient (Wildman–Crippen LogP) is 9.79.